The molecule has 126 valence electrons. The number of imidazole rings is 1. The molecule has 1 amide bonds. The lowest BCUT2D eigenvalue weighted by atomic mass is 10.1. The molecule has 0 aliphatic carbocycles. The van der Waals surface area contributed by atoms with E-state index in [-0.39, 0.29) is 5.02 Å². The summed E-state index contributed by atoms with van der Waals surface area (Å²) in [5.74, 6) is -0.393. The van der Waals surface area contributed by atoms with E-state index in [1.165, 1.54) is 6.07 Å². The van der Waals surface area contributed by atoms with Crippen molar-refractivity contribution in [3.63, 3.8) is 0 Å². The molecule has 0 fully saturated rings. The summed E-state index contributed by atoms with van der Waals surface area (Å²) in [5, 5.41) is 4.88. The molecule has 1 heterocycles. The quantitative estimate of drug-likeness (QED) is 0.547. The van der Waals surface area contributed by atoms with Gasteiger partial charge >= 0.3 is 0 Å². The van der Waals surface area contributed by atoms with Gasteiger partial charge in [-0.05, 0) is 42.8 Å². The summed E-state index contributed by atoms with van der Waals surface area (Å²) >= 11 is 11.9. The maximum atomic E-state index is 12.2. The molecular weight excluding hydrogens is 359 g/mol. The second kappa shape index (κ2) is 7.51. The van der Waals surface area contributed by atoms with Gasteiger partial charge in [-0.25, -0.2) is 10.4 Å². The van der Waals surface area contributed by atoms with Crippen LogP contribution in [0.2, 0.25) is 10.0 Å². The zero-order valence-electron chi connectivity index (χ0n) is 13.3. The molecule has 0 unspecified atom stereocenters. The summed E-state index contributed by atoms with van der Waals surface area (Å²) in [5.41, 5.74) is 5.39. The van der Waals surface area contributed by atoms with Crippen LogP contribution in [0.3, 0.4) is 0 Å². The summed E-state index contributed by atoms with van der Waals surface area (Å²) in [6, 6.07) is 12.4. The fraction of sp³-hybridized carbons (Fsp3) is 0.0556. The van der Waals surface area contributed by atoms with E-state index in [2.05, 4.69) is 15.5 Å². The van der Waals surface area contributed by atoms with Gasteiger partial charge in [-0.3, -0.25) is 4.79 Å². The van der Waals surface area contributed by atoms with Crippen LogP contribution in [0.1, 0.15) is 22.8 Å². The van der Waals surface area contributed by atoms with E-state index in [1.807, 2.05) is 42.0 Å². The monoisotopic (exact) mass is 372 g/mol. The molecule has 0 spiro atoms. The fourth-order valence-electron chi connectivity index (χ4n) is 2.22. The number of aromatic nitrogens is 2. The molecule has 3 aromatic rings. The number of nitrogens with zero attached hydrogens (tertiary/aromatic N) is 3. The van der Waals surface area contributed by atoms with Crippen LogP contribution >= 0.6 is 23.2 Å². The highest BCUT2D eigenvalue weighted by atomic mass is 35.5. The molecule has 25 heavy (non-hydrogen) atoms. The summed E-state index contributed by atoms with van der Waals surface area (Å²) in [4.78, 5) is 16.2. The van der Waals surface area contributed by atoms with E-state index < -0.39 is 5.91 Å². The van der Waals surface area contributed by atoms with Gasteiger partial charge in [0.2, 0.25) is 0 Å². The highest BCUT2D eigenvalue weighted by Crippen LogP contribution is 2.20. The standard InChI is InChI=1S/C18H14Cl2N4O/c1-12(13-2-5-15(6-3-13)24-9-8-21-11-24)22-23-18(25)16-7-4-14(19)10-17(16)20/h2-11H,1H3,(H,23,25)/b22-12-. The van der Waals surface area contributed by atoms with Crippen LogP contribution in [-0.4, -0.2) is 21.2 Å². The van der Waals surface area contributed by atoms with E-state index in [0.29, 0.717) is 16.3 Å². The van der Waals surface area contributed by atoms with Gasteiger partial charge in [0.05, 0.1) is 22.6 Å². The number of nitrogens with one attached hydrogen (secondary N) is 1. The van der Waals surface area contributed by atoms with Crippen LogP contribution in [0.5, 0.6) is 0 Å². The lowest BCUT2D eigenvalue weighted by Crippen LogP contribution is -2.19. The third kappa shape index (κ3) is 4.07. The van der Waals surface area contributed by atoms with E-state index in [1.54, 1.807) is 24.7 Å². The molecule has 1 N–H and O–H groups in total. The Morgan fingerprint density at radius 1 is 1.16 bits per heavy atom. The zero-order valence-corrected chi connectivity index (χ0v) is 14.8. The number of rotatable bonds is 4. The normalized spacial score (nSPS) is 11.4. The molecule has 3 rings (SSSR count). The molecule has 1 aromatic heterocycles. The number of hydrogen-bond donors (Lipinski definition) is 1. The predicted molar refractivity (Wildman–Crippen MR) is 99.7 cm³/mol. The van der Waals surface area contributed by atoms with E-state index in [4.69, 9.17) is 23.2 Å². The Labute approximate surface area is 154 Å². The van der Waals surface area contributed by atoms with E-state index in [9.17, 15) is 4.79 Å². The first-order valence-corrected chi connectivity index (χ1v) is 8.18. The van der Waals surface area contributed by atoms with E-state index >= 15 is 0 Å². The van der Waals surface area contributed by atoms with E-state index in [0.717, 1.165) is 11.3 Å². The third-order valence-electron chi connectivity index (χ3n) is 3.59. The largest absolute Gasteiger partial charge is 0.306 e. The number of carbonyl (C=O) groups is 1. The van der Waals surface area contributed by atoms with Gasteiger partial charge < -0.3 is 4.57 Å². The average molecular weight is 373 g/mol. The van der Waals surface area contributed by atoms with Crippen molar-refractivity contribution in [1.29, 1.82) is 0 Å². The van der Waals surface area contributed by atoms with Crippen LogP contribution < -0.4 is 5.43 Å². The second-order valence-corrected chi connectivity index (χ2v) is 6.12. The summed E-state index contributed by atoms with van der Waals surface area (Å²) in [6.07, 6.45) is 5.32. The van der Waals surface area contributed by atoms with Crippen molar-refractivity contribution in [2.24, 2.45) is 5.10 Å². The Bertz CT molecular complexity index is 919. The average Bonchev–Trinajstić information content (AvgIpc) is 3.14. The third-order valence-corrected chi connectivity index (χ3v) is 4.14. The zero-order chi connectivity index (χ0) is 17.8. The molecule has 5 nitrogen and oxygen atoms in total. The molecule has 0 bridgehead atoms. The van der Waals surface area contributed by atoms with Crippen LogP contribution in [-0.2, 0) is 0 Å². The van der Waals surface area contributed by atoms with Gasteiger partial charge in [-0.15, -0.1) is 0 Å². The van der Waals surface area contributed by atoms with Crippen molar-refractivity contribution in [1.82, 2.24) is 15.0 Å². The molecule has 0 saturated carbocycles. The summed E-state index contributed by atoms with van der Waals surface area (Å²) in [6.45, 7) is 1.82. The fourth-order valence-corrected chi connectivity index (χ4v) is 2.71. The summed E-state index contributed by atoms with van der Waals surface area (Å²) < 4.78 is 1.90. The molecular formula is C18H14Cl2N4O. The van der Waals surface area contributed by atoms with Gasteiger partial charge in [0.1, 0.15) is 0 Å². The molecule has 0 radical (unpaired) electrons. The molecule has 0 atom stereocenters. The molecule has 0 aliphatic rings. The molecule has 0 aliphatic heterocycles. The smallest absolute Gasteiger partial charge is 0.272 e. The topological polar surface area (TPSA) is 59.3 Å². The van der Waals surface area contributed by atoms with Crippen molar-refractivity contribution < 1.29 is 4.79 Å². The Morgan fingerprint density at radius 3 is 2.56 bits per heavy atom. The number of carbonyl (C=O) groups excluding carboxylic acids is 1. The molecule has 2 aromatic carbocycles. The van der Waals surface area contributed by atoms with Gasteiger partial charge in [0.15, 0.2) is 0 Å². The molecule has 7 heteroatoms. The number of hydrazone groups is 1. The van der Waals surface area contributed by atoms with Crippen LogP contribution in [0.25, 0.3) is 5.69 Å². The van der Waals surface area contributed by atoms with Crippen molar-refractivity contribution in [2.75, 3.05) is 0 Å². The summed E-state index contributed by atoms with van der Waals surface area (Å²) in [7, 11) is 0. The van der Waals surface area contributed by atoms with Gasteiger partial charge in [0.25, 0.3) is 5.91 Å². The van der Waals surface area contributed by atoms with Crippen molar-refractivity contribution in [3.8, 4) is 5.69 Å². The minimum absolute atomic E-state index is 0.280. The Morgan fingerprint density at radius 2 is 1.92 bits per heavy atom. The SMILES string of the molecule is C/C(=N/NC(=O)c1ccc(Cl)cc1Cl)c1ccc(-n2ccnc2)cc1. The minimum atomic E-state index is -0.393. The lowest BCUT2D eigenvalue weighted by Gasteiger charge is -2.06. The van der Waals surface area contributed by atoms with Crippen LogP contribution in [0.4, 0.5) is 0 Å². The Hall–Kier alpha value is -2.63. The van der Waals surface area contributed by atoms with Crippen molar-refractivity contribution in [3.05, 3.63) is 82.4 Å². The van der Waals surface area contributed by atoms with Crippen molar-refractivity contribution >= 4 is 34.8 Å². The molecule has 0 saturated heterocycles. The first-order valence-electron chi connectivity index (χ1n) is 7.43. The van der Waals surface area contributed by atoms with Gasteiger partial charge in [-0.2, -0.15) is 5.10 Å². The Balaban J connectivity index is 1.72. The first-order chi connectivity index (χ1) is 12.0. The van der Waals surface area contributed by atoms with Crippen LogP contribution in [0.15, 0.2) is 66.3 Å². The number of benzene rings is 2. The maximum Gasteiger partial charge on any atom is 0.272 e. The number of amides is 1. The first kappa shape index (κ1) is 17.2. The van der Waals surface area contributed by atoms with Crippen molar-refractivity contribution in [2.45, 2.75) is 6.92 Å². The number of halogens is 2. The van der Waals surface area contributed by atoms with Gasteiger partial charge in [0, 0.05) is 23.1 Å². The predicted octanol–water partition coefficient (Wildman–Crippen LogP) is 4.33. The second-order valence-electron chi connectivity index (χ2n) is 5.28. The van der Waals surface area contributed by atoms with Crippen LogP contribution in [0, 0.1) is 0 Å². The Kier molecular flexibility index (Phi) is 5.16. The highest BCUT2D eigenvalue weighted by molar-refractivity contribution is 6.36. The lowest BCUT2D eigenvalue weighted by molar-refractivity contribution is 0.0955. The maximum absolute atomic E-state index is 12.2. The highest BCUT2D eigenvalue weighted by Gasteiger charge is 2.10. The number of hydrogen-bond acceptors (Lipinski definition) is 3. The van der Waals surface area contributed by atoms with Gasteiger partial charge in [-0.1, -0.05) is 35.3 Å². The minimum Gasteiger partial charge on any atom is -0.306 e.